The van der Waals surface area contributed by atoms with Gasteiger partial charge in [0, 0.05) is 6.61 Å². The first-order chi connectivity index (χ1) is 8.48. The molecular formula is C13H21NO3S. The second-order valence-corrected chi connectivity index (χ2v) is 5.37. The molecule has 18 heavy (non-hydrogen) atoms. The van der Waals surface area contributed by atoms with Crippen LogP contribution in [0.4, 0.5) is 0 Å². The highest BCUT2D eigenvalue weighted by Crippen LogP contribution is 2.34. The molecule has 0 aliphatic rings. The fourth-order valence-corrected chi connectivity index (χ4v) is 2.91. The van der Waals surface area contributed by atoms with Gasteiger partial charge in [-0.3, -0.25) is 0 Å². The summed E-state index contributed by atoms with van der Waals surface area (Å²) in [5, 5.41) is 9.97. The van der Waals surface area contributed by atoms with E-state index in [0.717, 1.165) is 17.8 Å². The summed E-state index contributed by atoms with van der Waals surface area (Å²) in [6.45, 7) is 8.54. The molecule has 1 atom stereocenters. The molecule has 1 unspecified atom stereocenters. The standard InChI is InChI=1S/C13H21NO3S/c1-5-8-9-10(11(15)16)18-12(14-9)13(4,6-2)17-7-3/h5-8H2,1-4H3,(H,15,16). The molecule has 102 valence electrons. The van der Waals surface area contributed by atoms with E-state index in [1.165, 1.54) is 11.3 Å². The Hall–Kier alpha value is -0.940. The van der Waals surface area contributed by atoms with Crippen molar-refractivity contribution in [2.75, 3.05) is 6.61 Å². The number of hydrogen-bond donors (Lipinski definition) is 1. The molecule has 0 saturated carbocycles. The molecule has 0 aliphatic carbocycles. The first kappa shape index (κ1) is 15.1. The third-order valence-corrected chi connectivity index (χ3v) is 4.30. The van der Waals surface area contributed by atoms with Gasteiger partial charge in [0.1, 0.15) is 15.5 Å². The molecule has 0 radical (unpaired) electrons. The Labute approximate surface area is 112 Å². The number of ether oxygens (including phenoxy) is 1. The average Bonchev–Trinajstić information content (AvgIpc) is 2.74. The Bertz CT molecular complexity index is 416. The smallest absolute Gasteiger partial charge is 0.347 e. The number of rotatable bonds is 7. The molecule has 1 aromatic rings. The third-order valence-electron chi connectivity index (χ3n) is 2.97. The number of aromatic nitrogens is 1. The van der Waals surface area contributed by atoms with E-state index >= 15 is 0 Å². The third kappa shape index (κ3) is 3.09. The molecule has 0 fully saturated rings. The SMILES string of the molecule is CCCc1nc(C(C)(CC)OCC)sc1C(=O)O. The normalized spacial score (nSPS) is 14.4. The number of hydrogen-bond acceptors (Lipinski definition) is 4. The maximum atomic E-state index is 11.2. The molecule has 0 saturated heterocycles. The molecule has 1 N–H and O–H groups in total. The Morgan fingerprint density at radius 2 is 2.11 bits per heavy atom. The molecule has 1 aromatic heterocycles. The van der Waals surface area contributed by atoms with Crippen LogP contribution in [0, 0.1) is 0 Å². The van der Waals surface area contributed by atoms with E-state index in [0.29, 0.717) is 23.6 Å². The fraction of sp³-hybridized carbons (Fsp3) is 0.692. The minimum absolute atomic E-state index is 0.353. The number of aromatic carboxylic acids is 1. The quantitative estimate of drug-likeness (QED) is 0.825. The number of nitrogens with zero attached hydrogens (tertiary/aromatic N) is 1. The molecule has 1 heterocycles. The van der Waals surface area contributed by atoms with Crippen molar-refractivity contribution in [1.29, 1.82) is 0 Å². The molecule has 0 aliphatic heterocycles. The zero-order chi connectivity index (χ0) is 13.8. The zero-order valence-electron chi connectivity index (χ0n) is 11.4. The molecule has 0 spiro atoms. The minimum atomic E-state index is -0.892. The predicted molar refractivity (Wildman–Crippen MR) is 72.3 cm³/mol. The van der Waals surface area contributed by atoms with Gasteiger partial charge in [-0.25, -0.2) is 9.78 Å². The first-order valence-electron chi connectivity index (χ1n) is 6.35. The maximum Gasteiger partial charge on any atom is 0.347 e. The monoisotopic (exact) mass is 271 g/mol. The van der Waals surface area contributed by atoms with E-state index in [1.54, 1.807) is 0 Å². The summed E-state index contributed by atoms with van der Waals surface area (Å²) >= 11 is 1.24. The van der Waals surface area contributed by atoms with Gasteiger partial charge in [-0.05, 0) is 26.7 Å². The number of carboxylic acids is 1. The predicted octanol–water partition coefficient (Wildman–Crippen LogP) is 3.46. The highest BCUT2D eigenvalue weighted by molar-refractivity contribution is 7.13. The van der Waals surface area contributed by atoms with Crippen LogP contribution in [-0.2, 0) is 16.8 Å². The summed E-state index contributed by atoms with van der Waals surface area (Å²) < 4.78 is 5.75. The lowest BCUT2D eigenvalue weighted by Crippen LogP contribution is -2.24. The van der Waals surface area contributed by atoms with Crippen LogP contribution >= 0.6 is 11.3 Å². The van der Waals surface area contributed by atoms with Crippen molar-refractivity contribution in [3.8, 4) is 0 Å². The van der Waals surface area contributed by atoms with Gasteiger partial charge in [0.05, 0.1) is 5.69 Å². The largest absolute Gasteiger partial charge is 0.477 e. The van der Waals surface area contributed by atoms with Crippen LogP contribution in [-0.4, -0.2) is 22.7 Å². The summed E-state index contributed by atoms with van der Waals surface area (Å²) in [6.07, 6.45) is 2.37. The van der Waals surface area contributed by atoms with E-state index in [-0.39, 0.29) is 0 Å². The van der Waals surface area contributed by atoms with E-state index < -0.39 is 11.6 Å². The van der Waals surface area contributed by atoms with Gasteiger partial charge in [-0.15, -0.1) is 11.3 Å². The summed E-state index contributed by atoms with van der Waals surface area (Å²) in [7, 11) is 0. The second-order valence-electron chi connectivity index (χ2n) is 4.37. The van der Waals surface area contributed by atoms with Crippen molar-refractivity contribution in [3.05, 3.63) is 15.6 Å². The lowest BCUT2D eigenvalue weighted by atomic mass is 10.0. The maximum absolute atomic E-state index is 11.2. The summed E-state index contributed by atoms with van der Waals surface area (Å²) in [6, 6.07) is 0. The van der Waals surface area contributed by atoms with Gasteiger partial charge >= 0.3 is 5.97 Å². The summed E-state index contributed by atoms with van der Waals surface area (Å²) in [5.74, 6) is -0.892. The van der Waals surface area contributed by atoms with Crippen molar-refractivity contribution in [3.63, 3.8) is 0 Å². The first-order valence-corrected chi connectivity index (χ1v) is 7.17. The molecule has 0 amide bonds. The van der Waals surface area contributed by atoms with Crippen molar-refractivity contribution in [1.82, 2.24) is 4.98 Å². The number of thiazole rings is 1. The van der Waals surface area contributed by atoms with Crippen molar-refractivity contribution in [2.24, 2.45) is 0 Å². The van der Waals surface area contributed by atoms with Crippen LogP contribution in [0.3, 0.4) is 0 Å². The number of aryl methyl sites for hydroxylation is 1. The van der Waals surface area contributed by atoms with Crippen molar-refractivity contribution >= 4 is 17.3 Å². The number of carbonyl (C=O) groups is 1. The van der Waals surface area contributed by atoms with Crippen LogP contribution in [0.15, 0.2) is 0 Å². The van der Waals surface area contributed by atoms with Gasteiger partial charge in [0.15, 0.2) is 0 Å². The van der Waals surface area contributed by atoms with Crippen molar-refractivity contribution in [2.45, 2.75) is 52.6 Å². The molecule has 5 heteroatoms. The summed E-state index contributed by atoms with van der Waals surface area (Å²) in [5.41, 5.74) is 0.208. The van der Waals surface area contributed by atoms with Gasteiger partial charge in [0.2, 0.25) is 0 Å². The Balaban J connectivity index is 3.17. The van der Waals surface area contributed by atoms with E-state index in [9.17, 15) is 9.90 Å². The Kier molecular flexibility index (Phi) is 5.28. The average molecular weight is 271 g/mol. The minimum Gasteiger partial charge on any atom is -0.477 e. The van der Waals surface area contributed by atoms with Crippen LogP contribution in [0.5, 0.6) is 0 Å². The van der Waals surface area contributed by atoms with Crippen molar-refractivity contribution < 1.29 is 14.6 Å². The molecule has 1 rings (SSSR count). The molecule has 0 bridgehead atoms. The summed E-state index contributed by atoms with van der Waals surface area (Å²) in [4.78, 5) is 16.1. The van der Waals surface area contributed by atoms with Crippen LogP contribution in [0.2, 0.25) is 0 Å². The molecular weight excluding hydrogens is 250 g/mol. The Morgan fingerprint density at radius 1 is 1.44 bits per heavy atom. The Morgan fingerprint density at radius 3 is 2.56 bits per heavy atom. The van der Waals surface area contributed by atoms with Gasteiger partial charge < -0.3 is 9.84 Å². The van der Waals surface area contributed by atoms with Gasteiger partial charge in [-0.1, -0.05) is 20.3 Å². The second kappa shape index (κ2) is 6.29. The lowest BCUT2D eigenvalue weighted by molar-refractivity contribution is -0.0325. The molecule has 0 aromatic carbocycles. The van der Waals surface area contributed by atoms with E-state index in [4.69, 9.17) is 4.74 Å². The van der Waals surface area contributed by atoms with Crippen LogP contribution in [0.25, 0.3) is 0 Å². The van der Waals surface area contributed by atoms with Gasteiger partial charge in [-0.2, -0.15) is 0 Å². The fourth-order valence-electron chi connectivity index (χ4n) is 1.78. The zero-order valence-corrected chi connectivity index (χ0v) is 12.3. The lowest BCUT2D eigenvalue weighted by Gasteiger charge is -2.25. The number of carboxylic acid groups (broad SMARTS) is 1. The van der Waals surface area contributed by atoms with Crippen LogP contribution in [0.1, 0.15) is 60.9 Å². The van der Waals surface area contributed by atoms with E-state index in [1.807, 2.05) is 27.7 Å². The van der Waals surface area contributed by atoms with E-state index in [2.05, 4.69) is 4.98 Å². The topological polar surface area (TPSA) is 59.4 Å². The molecule has 4 nitrogen and oxygen atoms in total. The van der Waals surface area contributed by atoms with Gasteiger partial charge in [0.25, 0.3) is 0 Å². The highest BCUT2D eigenvalue weighted by Gasteiger charge is 2.31. The van der Waals surface area contributed by atoms with Crippen LogP contribution < -0.4 is 0 Å². The highest BCUT2D eigenvalue weighted by atomic mass is 32.1.